The van der Waals surface area contributed by atoms with Crippen LogP contribution >= 0.6 is 23.1 Å². The molecule has 0 aliphatic rings. The number of rotatable bonds is 6. The van der Waals surface area contributed by atoms with E-state index < -0.39 is 5.25 Å². The molecular weight excluding hydrogens is 360 g/mol. The van der Waals surface area contributed by atoms with Crippen LogP contribution in [0.5, 0.6) is 0 Å². The zero-order chi connectivity index (χ0) is 17.8. The topological polar surface area (TPSA) is 97.1 Å². The number of anilines is 2. The predicted octanol–water partition coefficient (Wildman–Crippen LogP) is 3.29. The smallest absolute Gasteiger partial charge is 0.238 e. The van der Waals surface area contributed by atoms with E-state index in [1.165, 1.54) is 23.1 Å². The van der Waals surface area contributed by atoms with Crippen LogP contribution in [0.3, 0.4) is 0 Å². The summed E-state index contributed by atoms with van der Waals surface area (Å²) in [6.07, 6.45) is 0. The molecule has 0 fully saturated rings. The largest absolute Gasteiger partial charge is 0.360 e. The van der Waals surface area contributed by atoms with Crippen LogP contribution in [0.15, 0.2) is 34.9 Å². The zero-order valence-electron chi connectivity index (χ0n) is 13.6. The Kier molecular flexibility index (Phi) is 5.34. The number of nitrogens with one attached hydrogen (secondary N) is 2. The highest BCUT2D eigenvalue weighted by atomic mass is 32.2. The third kappa shape index (κ3) is 4.58. The molecule has 0 saturated heterocycles. The van der Waals surface area contributed by atoms with Gasteiger partial charge in [-0.15, -0.1) is 11.8 Å². The number of carbonyl (C=O) groups excluding carboxylic acids is 2. The van der Waals surface area contributed by atoms with Gasteiger partial charge in [-0.05, 0) is 26.0 Å². The lowest BCUT2D eigenvalue weighted by molar-refractivity contribution is -0.115. The number of aryl methyl sites for hydroxylation is 1. The third-order valence-electron chi connectivity index (χ3n) is 3.25. The van der Waals surface area contributed by atoms with Gasteiger partial charge in [-0.25, -0.2) is 4.98 Å². The first-order valence-electron chi connectivity index (χ1n) is 7.52. The van der Waals surface area contributed by atoms with Crippen LogP contribution in [0.1, 0.15) is 12.7 Å². The minimum atomic E-state index is -0.405. The Hall–Kier alpha value is -2.39. The van der Waals surface area contributed by atoms with Crippen LogP contribution in [-0.2, 0) is 9.59 Å². The number of aromatic nitrogens is 2. The number of nitrogens with zero attached hydrogens (tertiary/aromatic N) is 2. The SMILES string of the molecule is Cc1cc(NC(=O)C(C)SCC(=O)Nc2nc3ccccc3s2)no1. The molecule has 2 N–H and O–H groups in total. The highest BCUT2D eigenvalue weighted by Gasteiger charge is 2.17. The van der Waals surface area contributed by atoms with Crippen LogP contribution in [0.25, 0.3) is 10.2 Å². The highest BCUT2D eigenvalue weighted by Crippen LogP contribution is 2.25. The second-order valence-electron chi connectivity index (χ2n) is 5.30. The molecule has 130 valence electrons. The summed E-state index contributed by atoms with van der Waals surface area (Å²) < 4.78 is 5.91. The van der Waals surface area contributed by atoms with Gasteiger partial charge in [-0.3, -0.25) is 9.59 Å². The van der Waals surface area contributed by atoms with Crippen LogP contribution < -0.4 is 10.6 Å². The van der Waals surface area contributed by atoms with Gasteiger partial charge in [-0.2, -0.15) is 0 Å². The first kappa shape index (κ1) is 17.4. The molecule has 0 spiro atoms. The Morgan fingerprint density at radius 1 is 1.32 bits per heavy atom. The summed E-state index contributed by atoms with van der Waals surface area (Å²) in [5.41, 5.74) is 0.853. The molecule has 0 radical (unpaired) electrons. The van der Waals surface area contributed by atoms with Gasteiger partial charge in [0.25, 0.3) is 0 Å². The Labute approximate surface area is 152 Å². The molecule has 0 bridgehead atoms. The monoisotopic (exact) mass is 376 g/mol. The number of carbonyl (C=O) groups is 2. The Morgan fingerprint density at radius 2 is 2.12 bits per heavy atom. The number of thioether (sulfide) groups is 1. The lowest BCUT2D eigenvalue weighted by Gasteiger charge is -2.09. The summed E-state index contributed by atoms with van der Waals surface area (Å²) in [5.74, 6) is 0.717. The van der Waals surface area contributed by atoms with Crippen molar-refractivity contribution in [3.63, 3.8) is 0 Å². The van der Waals surface area contributed by atoms with Crippen LogP contribution in [0.2, 0.25) is 0 Å². The molecule has 2 heterocycles. The number of para-hydroxylation sites is 1. The van der Waals surface area contributed by atoms with Crippen molar-refractivity contribution in [2.75, 3.05) is 16.4 Å². The molecule has 7 nitrogen and oxygen atoms in total. The fraction of sp³-hybridized carbons (Fsp3) is 0.250. The molecule has 0 saturated carbocycles. The van der Waals surface area contributed by atoms with Gasteiger partial charge in [0, 0.05) is 6.07 Å². The summed E-state index contributed by atoms with van der Waals surface area (Å²) in [6, 6.07) is 9.32. The van der Waals surface area contributed by atoms with E-state index in [1.54, 1.807) is 19.9 Å². The molecule has 1 unspecified atom stereocenters. The Morgan fingerprint density at radius 3 is 2.84 bits per heavy atom. The number of thiazole rings is 1. The first-order valence-corrected chi connectivity index (χ1v) is 9.39. The standard InChI is InChI=1S/C16H16N4O3S2/c1-9-7-13(20-23-9)18-15(22)10(2)24-8-14(21)19-16-17-11-5-3-4-6-12(11)25-16/h3-7,10H,8H2,1-2H3,(H,17,19,21)(H,18,20,22). The molecule has 2 aromatic heterocycles. The number of amides is 2. The molecule has 3 aromatic rings. The normalized spacial score (nSPS) is 12.1. The maximum atomic E-state index is 12.1. The van der Waals surface area contributed by atoms with Gasteiger partial charge >= 0.3 is 0 Å². The molecule has 0 aliphatic heterocycles. The van der Waals surface area contributed by atoms with E-state index in [1.807, 2.05) is 24.3 Å². The highest BCUT2D eigenvalue weighted by molar-refractivity contribution is 8.01. The van der Waals surface area contributed by atoms with E-state index in [-0.39, 0.29) is 17.6 Å². The first-order chi connectivity index (χ1) is 12.0. The van der Waals surface area contributed by atoms with E-state index >= 15 is 0 Å². The second-order valence-corrected chi connectivity index (χ2v) is 7.66. The number of benzene rings is 1. The fourth-order valence-corrected chi connectivity index (χ4v) is 3.58. The van der Waals surface area contributed by atoms with Crippen molar-refractivity contribution in [1.29, 1.82) is 0 Å². The number of hydrogen-bond acceptors (Lipinski definition) is 7. The molecule has 25 heavy (non-hydrogen) atoms. The second kappa shape index (κ2) is 7.66. The van der Waals surface area contributed by atoms with E-state index in [2.05, 4.69) is 20.8 Å². The molecule has 2 amide bonds. The van der Waals surface area contributed by atoms with Crippen molar-refractivity contribution in [2.45, 2.75) is 19.1 Å². The zero-order valence-corrected chi connectivity index (χ0v) is 15.2. The summed E-state index contributed by atoms with van der Waals surface area (Å²) in [5, 5.41) is 9.27. The van der Waals surface area contributed by atoms with Crippen LogP contribution in [-0.4, -0.2) is 33.0 Å². The van der Waals surface area contributed by atoms with Gasteiger partial charge in [0.1, 0.15) is 5.76 Å². The fourth-order valence-electron chi connectivity index (χ4n) is 2.01. The van der Waals surface area contributed by atoms with E-state index in [4.69, 9.17) is 4.52 Å². The van der Waals surface area contributed by atoms with Crippen molar-refractivity contribution in [3.05, 3.63) is 36.1 Å². The van der Waals surface area contributed by atoms with Crippen molar-refractivity contribution in [3.8, 4) is 0 Å². The molecule has 1 atom stereocenters. The van der Waals surface area contributed by atoms with Crippen molar-refractivity contribution < 1.29 is 14.1 Å². The van der Waals surface area contributed by atoms with Crippen LogP contribution in [0.4, 0.5) is 10.9 Å². The number of fused-ring (bicyclic) bond motifs is 1. The predicted molar refractivity (Wildman–Crippen MR) is 100 cm³/mol. The van der Waals surface area contributed by atoms with E-state index in [0.29, 0.717) is 16.7 Å². The minimum Gasteiger partial charge on any atom is -0.360 e. The van der Waals surface area contributed by atoms with Crippen LogP contribution in [0, 0.1) is 6.92 Å². The lowest BCUT2D eigenvalue weighted by atomic mass is 10.3. The van der Waals surface area contributed by atoms with Gasteiger partial charge in [0.05, 0.1) is 21.2 Å². The maximum absolute atomic E-state index is 12.1. The summed E-state index contributed by atoms with van der Waals surface area (Å²) in [6.45, 7) is 3.48. The van der Waals surface area contributed by atoms with Gasteiger partial charge in [-0.1, -0.05) is 28.6 Å². The molecule has 0 aliphatic carbocycles. The van der Waals surface area contributed by atoms with Crippen molar-refractivity contribution in [2.24, 2.45) is 0 Å². The molecule has 9 heteroatoms. The molecule has 1 aromatic carbocycles. The Bertz CT molecular complexity index is 873. The third-order valence-corrected chi connectivity index (χ3v) is 5.35. The summed E-state index contributed by atoms with van der Waals surface area (Å²) in [7, 11) is 0. The summed E-state index contributed by atoms with van der Waals surface area (Å²) >= 11 is 2.66. The molecular formula is C16H16N4O3S2. The average Bonchev–Trinajstić information content (AvgIpc) is 3.17. The molecule has 3 rings (SSSR count). The van der Waals surface area contributed by atoms with Gasteiger partial charge in [0.15, 0.2) is 10.9 Å². The van der Waals surface area contributed by atoms with E-state index in [0.717, 1.165) is 10.2 Å². The van der Waals surface area contributed by atoms with E-state index in [9.17, 15) is 9.59 Å². The van der Waals surface area contributed by atoms with Gasteiger partial charge in [0.2, 0.25) is 11.8 Å². The number of hydrogen-bond donors (Lipinski definition) is 2. The lowest BCUT2D eigenvalue weighted by Crippen LogP contribution is -2.25. The van der Waals surface area contributed by atoms with Crippen molar-refractivity contribution >= 4 is 56.1 Å². The maximum Gasteiger partial charge on any atom is 0.238 e. The van der Waals surface area contributed by atoms with Gasteiger partial charge < -0.3 is 15.2 Å². The van der Waals surface area contributed by atoms with Crippen molar-refractivity contribution in [1.82, 2.24) is 10.1 Å². The minimum absolute atomic E-state index is 0.155. The quantitative estimate of drug-likeness (QED) is 0.685. The average molecular weight is 376 g/mol. The summed E-state index contributed by atoms with van der Waals surface area (Å²) in [4.78, 5) is 28.5. The Balaban J connectivity index is 1.48.